The molecule has 128 valence electrons. The molecule has 0 atom stereocenters. The van der Waals surface area contributed by atoms with E-state index < -0.39 is 0 Å². The quantitative estimate of drug-likeness (QED) is 0.770. The molecule has 0 spiro atoms. The van der Waals surface area contributed by atoms with Gasteiger partial charge in [-0.3, -0.25) is 9.89 Å². The van der Waals surface area contributed by atoms with Crippen molar-refractivity contribution >= 4 is 11.0 Å². The van der Waals surface area contributed by atoms with Crippen LogP contribution in [0.1, 0.15) is 54.2 Å². The van der Waals surface area contributed by atoms with Gasteiger partial charge in [0, 0.05) is 18.8 Å². The summed E-state index contributed by atoms with van der Waals surface area (Å²) in [5.41, 5.74) is 4.41. The van der Waals surface area contributed by atoms with Crippen LogP contribution >= 0.6 is 0 Å². The zero-order valence-corrected chi connectivity index (χ0v) is 14.0. The largest absolute Gasteiger partial charge is 0.493 e. The lowest BCUT2D eigenvalue weighted by Gasteiger charge is -2.07. The van der Waals surface area contributed by atoms with E-state index in [4.69, 9.17) is 9.72 Å². The summed E-state index contributed by atoms with van der Waals surface area (Å²) >= 11 is 0. The maximum Gasteiger partial charge on any atom is 0.279 e. The number of ether oxygens (including phenoxy) is 1. The SMILES string of the molecule is O=c1[nH]c(Cc2ccc3c(c2)CCO3)nc2c(C3CCCC3)[nH]nc12. The molecule has 0 amide bonds. The fraction of sp³-hybridized carbons (Fsp3) is 0.421. The van der Waals surface area contributed by atoms with Crippen molar-refractivity contribution in [3.63, 3.8) is 0 Å². The summed E-state index contributed by atoms with van der Waals surface area (Å²) < 4.78 is 5.56. The van der Waals surface area contributed by atoms with E-state index >= 15 is 0 Å². The average molecular weight is 336 g/mol. The molecule has 25 heavy (non-hydrogen) atoms. The van der Waals surface area contributed by atoms with Gasteiger partial charge in [0.1, 0.15) is 17.1 Å². The van der Waals surface area contributed by atoms with E-state index in [0.29, 0.717) is 23.7 Å². The molecule has 2 aromatic heterocycles. The van der Waals surface area contributed by atoms with Crippen molar-refractivity contribution in [2.75, 3.05) is 6.61 Å². The molecule has 1 fully saturated rings. The van der Waals surface area contributed by atoms with E-state index in [2.05, 4.69) is 21.2 Å². The van der Waals surface area contributed by atoms with Gasteiger partial charge in [-0.05, 0) is 30.0 Å². The van der Waals surface area contributed by atoms with E-state index in [0.717, 1.165) is 48.4 Å². The zero-order valence-electron chi connectivity index (χ0n) is 14.0. The molecule has 0 saturated heterocycles. The van der Waals surface area contributed by atoms with Crippen LogP contribution in [0.4, 0.5) is 0 Å². The van der Waals surface area contributed by atoms with Gasteiger partial charge in [0.25, 0.3) is 5.56 Å². The minimum absolute atomic E-state index is 0.162. The third kappa shape index (κ3) is 2.52. The molecule has 6 heteroatoms. The summed E-state index contributed by atoms with van der Waals surface area (Å²) in [6.07, 6.45) is 6.31. The van der Waals surface area contributed by atoms with E-state index in [1.54, 1.807) is 0 Å². The smallest absolute Gasteiger partial charge is 0.279 e. The molecular weight excluding hydrogens is 316 g/mol. The van der Waals surface area contributed by atoms with Crippen LogP contribution in [0.2, 0.25) is 0 Å². The van der Waals surface area contributed by atoms with Crippen LogP contribution in [-0.4, -0.2) is 26.8 Å². The highest BCUT2D eigenvalue weighted by Crippen LogP contribution is 2.35. The van der Waals surface area contributed by atoms with Crippen molar-refractivity contribution in [2.24, 2.45) is 0 Å². The zero-order chi connectivity index (χ0) is 16.8. The van der Waals surface area contributed by atoms with Crippen LogP contribution in [0.25, 0.3) is 11.0 Å². The number of nitrogens with zero attached hydrogens (tertiary/aromatic N) is 2. The van der Waals surface area contributed by atoms with Gasteiger partial charge in [-0.15, -0.1) is 0 Å². The Morgan fingerprint density at radius 2 is 2.08 bits per heavy atom. The predicted octanol–water partition coefficient (Wildman–Crippen LogP) is 2.83. The first-order valence-corrected chi connectivity index (χ1v) is 9.00. The topological polar surface area (TPSA) is 83.7 Å². The Morgan fingerprint density at radius 1 is 1.20 bits per heavy atom. The van der Waals surface area contributed by atoms with Gasteiger partial charge < -0.3 is 9.72 Å². The first-order chi connectivity index (χ1) is 12.3. The van der Waals surface area contributed by atoms with Crippen molar-refractivity contribution in [1.82, 2.24) is 20.2 Å². The number of H-pyrrole nitrogens is 2. The van der Waals surface area contributed by atoms with E-state index in [1.165, 1.54) is 18.4 Å². The van der Waals surface area contributed by atoms with E-state index in [9.17, 15) is 4.79 Å². The van der Waals surface area contributed by atoms with E-state index in [1.807, 2.05) is 12.1 Å². The molecule has 0 unspecified atom stereocenters. The van der Waals surface area contributed by atoms with Crippen LogP contribution in [0, 0.1) is 0 Å². The minimum Gasteiger partial charge on any atom is -0.493 e. The summed E-state index contributed by atoms with van der Waals surface area (Å²) in [6.45, 7) is 0.750. The molecule has 6 nitrogen and oxygen atoms in total. The molecule has 3 heterocycles. The van der Waals surface area contributed by atoms with Gasteiger partial charge in [0.2, 0.25) is 0 Å². The fourth-order valence-corrected chi connectivity index (χ4v) is 4.10. The minimum atomic E-state index is -0.162. The summed E-state index contributed by atoms with van der Waals surface area (Å²) in [7, 11) is 0. The molecule has 2 aliphatic rings. The van der Waals surface area contributed by atoms with Gasteiger partial charge in [-0.2, -0.15) is 5.10 Å². The Hall–Kier alpha value is -2.63. The second-order valence-corrected chi connectivity index (χ2v) is 7.05. The molecular formula is C19H20N4O2. The number of fused-ring (bicyclic) bond motifs is 2. The highest BCUT2D eigenvalue weighted by Gasteiger charge is 2.23. The monoisotopic (exact) mass is 336 g/mol. The highest BCUT2D eigenvalue weighted by atomic mass is 16.5. The number of aromatic nitrogens is 4. The summed E-state index contributed by atoms with van der Waals surface area (Å²) in [5.74, 6) is 2.11. The first-order valence-electron chi connectivity index (χ1n) is 9.00. The second kappa shape index (κ2) is 5.72. The number of hydrogen-bond acceptors (Lipinski definition) is 4. The predicted molar refractivity (Wildman–Crippen MR) is 94.2 cm³/mol. The number of nitrogens with one attached hydrogen (secondary N) is 2. The van der Waals surface area contributed by atoms with Gasteiger partial charge in [0.15, 0.2) is 5.52 Å². The molecule has 1 saturated carbocycles. The van der Waals surface area contributed by atoms with Crippen LogP contribution < -0.4 is 10.3 Å². The van der Waals surface area contributed by atoms with Crippen molar-refractivity contribution in [1.29, 1.82) is 0 Å². The maximum absolute atomic E-state index is 12.4. The van der Waals surface area contributed by atoms with Crippen molar-refractivity contribution in [3.05, 3.63) is 51.2 Å². The molecule has 0 radical (unpaired) electrons. The molecule has 3 aromatic rings. The number of hydrogen-bond donors (Lipinski definition) is 2. The summed E-state index contributed by atoms with van der Waals surface area (Å²) in [5, 5.41) is 7.28. The Kier molecular flexibility index (Phi) is 3.36. The Labute approximate surface area is 144 Å². The Balaban J connectivity index is 1.53. The van der Waals surface area contributed by atoms with E-state index in [-0.39, 0.29) is 5.56 Å². The first kappa shape index (κ1) is 14.7. The molecule has 1 aromatic carbocycles. The van der Waals surface area contributed by atoms with Crippen molar-refractivity contribution in [3.8, 4) is 5.75 Å². The Bertz CT molecular complexity index is 998. The van der Waals surface area contributed by atoms with Crippen LogP contribution in [0.3, 0.4) is 0 Å². The number of aromatic amines is 2. The summed E-state index contributed by atoms with van der Waals surface area (Å²) in [6, 6.07) is 6.21. The molecule has 1 aliphatic carbocycles. The van der Waals surface area contributed by atoms with Crippen LogP contribution in [-0.2, 0) is 12.8 Å². The van der Waals surface area contributed by atoms with Gasteiger partial charge in [-0.25, -0.2) is 4.98 Å². The number of rotatable bonds is 3. The lowest BCUT2D eigenvalue weighted by Crippen LogP contribution is -2.12. The Morgan fingerprint density at radius 3 is 2.96 bits per heavy atom. The van der Waals surface area contributed by atoms with Crippen LogP contribution in [0.5, 0.6) is 5.75 Å². The summed E-state index contributed by atoms with van der Waals surface area (Å²) in [4.78, 5) is 20.0. The second-order valence-electron chi connectivity index (χ2n) is 7.05. The standard InChI is InChI=1S/C19H20N4O2/c24-19-18-17(16(22-23-18)12-3-1-2-4-12)20-15(21-19)10-11-5-6-14-13(9-11)7-8-25-14/h5-6,9,12H,1-4,7-8,10H2,(H,22,23)(H,20,21,24). The molecule has 2 N–H and O–H groups in total. The highest BCUT2D eigenvalue weighted by molar-refractivity contribution is 5.76. The lowest BCUT2D eigenvalue weighted by atomic mass is 10.0. The third-order valence-electron chi connectivity index (χ3n) is 5.38. The van der Waals surface area contributed by atoms with Gasteiger partial charge in [0.05, 0.1) is 12.3 Å². The molecule has 0 bridgehead atoms. The number of benzene rings is 1. The fourth-order valence-electron chi connectivity index (χ4n) is 4.10. The average Bonchev–Trinajstić information content (AvgIpc) is 3.34. The normalized spacial score (nSPS) is 17.1. The van der Waals surface area contributed by atoms with Crippen LogP contribution in [0.15, 0.2) is 23.0 Å². The van der Waals surface area contributed by atoms with Crippen molar-refractivity contribution < 1.29 is 4.74 Å². The van der Waals surface area contributed by atoms with Gasteiger partial charge >= 0.3 is 0 Å². The van der Waals surface area contributed by atoms with Crippen molar-refractivity contribution in [2.45, 2.75) is 44.4 Å². The maximum atomic E-state index is 12.4. The van der Waals surface area contributed by atoms with Gasteiger partial charge in [-0.1, -0.05) is 25.0 Å². The third-order valence-corrected chi connectivity index (χ3v) is 5.38. The molecule has 5 rings (SSSR count). The molecule has 1 aliphatic heterocycles. The lowest BCUT2D eigenvalue weighted by molar-refractivity contribution is 0.357.